The molecule has 2 fully saturated rings. The average Bonchev–Trinajstić information content (AvgIpc) is 3.16. The fraction of sp³-hybridized carbons (Fsp3) is 0.450. The van der Waals surface area contributed by atoms with Crippen LogP contribution >= 0.6 is 0 Å². The second-order valence-corrected chi connectivity index (χ2v) is 8.01. The van der Waals surface area contributed by atoms with Crippen molar-refractivity contribution in [3.8, 4) is 11.3 Å². The molecule has 0 unspecified atom stereocenters. The van der Waals surface area contributed by atoms with E-state index in [2.05, 4.69) is 10.5 Å². The number of carboxylic acid groups (broad SMARTS) is 1. The van der Waals surface area contributed by atoms with Crippen molar-refractivity contribution in [3.63, 3.8) is 0 Å². The summed E-state index contributed by atoms with van der Waals surface area (Å²) in [5, 5.41) is 16.1. The Balaban J connectivity index is 1.44. The van der Waals surface area contributed by atoms with Crippen LogP contribution in [0.15, 0.2) is 41.1 Å². The van der Waals surface area contributed by atoms with Crippen LogP contribution in [-0.2, 0) is 4.79 Å². The summed E-state index contributed by atoms with van der Waals surface area (Å²) in [5.41, 5.74) is -0.0875. The van der Waals surface area contributed by atoms with Crippen molar-refractivity contribution < 1.29 is 28.0 Å². The molecule has 2 aliphatic rings. The Kier molecular flexibility index (Phi) is 4.24. The summed E-state index contributed by atoms with van der Waals surface area (Å²) in [4.78, 5) is 24.5. The number of rotatable bonds is 4. The predicted octanol–water partition coefficient (Wildman–Crippen LogP) is 3.88. The number of hydrogen-bond acceptors (Lipinski definition) is 4. The van der Waals surface area contributed by atoms with Gasteiger partial charge in [-0.05, 0) is 43.2 Å². The summed E-state index contributed by atoms with van der Waals surface area (Å²) >= 11 is 0. The SMILES string of the molecule is O=C(NC1(C(=O)O)CC2(CCC(F)(F)CC2)C1)c1ccc(-c2ccon2)cc1. The van der Waals surface area contributed by atoms with Gasteiger partial charge >= 0.3 is 5.97 Å². The summed E-state index contributed by atoms with van der Waals surface area (Å²) in [6.07, 6.45) is 1.96. The molecular weight excluding hydrogens is 370 g/mol. The van der Waals surface area contributed by atoms with Crippen LogP contribution in [0.5, 0.6) is 0 Å². The largest absolute Gasteiger partial charge is 0.480 e. The summed E-state index contributed by atoms with van der Waals surface area (Å²) in [5.74, 6) is -4.28. The van der Waals surface area contributed by atoms with Crippen LogP contribution in [-0.4, -0.2) is 33.6 Å². The van der Waals surface area contributed by atoms with E-state index in [0.29, 0.717) is 11.3 Å². The van der Waals surface area contributed by atoms with Gasteiger partial charge in [-0.25, -0.2) is 13.6 Å². The molecule has 4 rings (SSSR count). The number of benzene rings is 1. The molecule has 28 heavy (non-hydrogen) atoms. The van der Waals surface area contributed by atoms with E-state index in [1.54, 1.807) is 30.3 Å². The minimum Gasteiger partial charge on any atom is -0.480 e. The molecule has 1 aromatic heterocycles. The van der Waals surface area contributed by atoms with Crippen molar-refractivity contribution in [2.24, 2.45) is 5.41 Å². The molecule has 2 saturated carbocycles. The number of aliphatic carboxylic acids is 1. The molecule has 6 nitrogen and oxygen atoms in total. The second-order valence-electron chi connectivity index (χ2n) is 8.01. The van der Waals surface area contributed by atoms with Gasteiger partial charge in [-0.3, -0.25) is 4.79 Å². The zero-order chi connectivity index (χ0) is 20.0. The summed E-state index contributed by atoms with van der Waals surface area (Å²) in [6, 6.07) is 8.27. The lowest BCUT2D eigenvalue weighted by Crippen LogP contribution is -2.67. The fourth-order valence-electron chi connectivity index (χ4n) is 4.46. The molecule has 148 valence electrons. The number of nitrogens with zero attached hydrogens (tertiary/aromatic N) is 1. The van der Waals surface area contributed by atoms with Crippen LogP contribution in [0.1, 0.15) is 48.9 Å². The number of carboxylic acids is 1. The molecule has 2 aromatic rings. The van der Waals surface area contributed by atoms with E-state index < -0.39 is 28.8 Å². The first-order valence-electron chi connectivity index (χ1n) is 9.17. The highest BCUT2D eigenvalue weighted by Crippen LogP contribution is 2.59. The lowest BCUT2D eigenvalue weighted by Gasteiger charge is -2.56. The average molecular weight is 390 g/mol. The number of amides is 1. The van der Waals surface area contributed by atoms with Crippen molar-refractivity contribution in [3.05, 3.63) is 42.2 Å². The van der Waals surface area contributed by atoms with Crippen molar-refractivity contribution in [2.45, 2.75) is 50.0 Å². The van der Waals surface area contributed by atoms with E-state index in [1.165, 1.54) is 6.26 Å². The third kappa shape index (κ3) is 3.27. The van der Waals surface area contributed by atoms with Gasteiger partial charge in [0.15, 0.2) is 0 Å². The Hall–Kier alpha value is -2.77. The molecule has 0 bridgehead atoms. The van der Waals surface area contributed by atoms with Gasteiger partial charge in [-0.1, -0.05) is 17.3 Å². The van der Waals surface area contributed by atoms with E-state index in [4.69, 9.17) is 4.52 Å². The van der Waals surface area contributed by atoms with Gasteiger partial charge in [-0.2, -0.15) is 0 Å². The van der Waals surface area contributed by atoms with Crippen LogP contribution in [0.3, 0.4) is 0 Å². The Morgan fingerprint density at radius 2 is 1.68 bits per heavy atom. The van der Waals surface area contributed by atoms with Gasteiger partial charge in [0.2, 0.25) is 5.92 Å². The Morgan fingerprint density at radius 3 is 2.21 bits per heavy atom. The monoisotopic (exact) mass is 390 g/mol. The number of halogens is 2. The van der Waals surface area contributed by atoms with Gasteiger partial charge in [0.25, 0.3) is 5.91 Å². The molecule has 0 radical (unpaired) electrons. The van der Waals surface area contributed by atoms with Gasteiger partial charge in [0.05, 0.1) is 0 Å². The molecule has 2 N–H and O–H groups in total. The topological polar surface area (TPSA) is 92.4 Å². The first kappa shape index (κ1) is 18.6. The van der Waals surface area contributed by atoms with Crippen LogP contribution < -0.4 is 5.32 Å². The van der Waals surface area contributed by atoms with Gasteiger partial charge in [0.1, 0.15) is 17.5 Å². The van der Waals surface area contributed by atoms with E-state index in [0.717, 1.165) is 5.56 Å². The van der Waals surface area contributed by atoms with Crippen LogP contribution in [0.25, 0.3) is 11.3 Å². The maximum absolute atomic E-state index is 13.4. The fourth-order valence-corrected chi connectivity index (χ4v) is 4.46. The number of alkyl halides is 2. The van der Waals surface area contributed by atoms with Gasteiger partial charge < -0.3 is 14.9 Å². The van der Waals surface area contributed by atoms with Crippen molar-refractivity contribution in [1.82, 2.24) is 10.5 Å². The molecule has 8 heteroatoms. The number of hydrogen-bond donors (Lipinski definition) is 2. The van der Waals surface area contributed by atoms with E-state index in [1.807, 2.05) is 0 Å². The third-order valence-electron chi connectivity index (χ3n) is 6.04. The lowest BCUT2D eigenvalue weighted by molar-refractivity contribution is -0.163. The molecule has 0 saturated heterocycles. The highest BCUT2D eigenvalue weighted by molar-refractivity contribution is 5.98. The minimum absolute atomic E-state index is 0.189. The number of carbonyl (C=O) groups excluding carboxylic acids is 1. The lowest BCUT2D eigenvalue weighted by atomic mass is 9.51. The minimum atomic E-state index is -2.67. The molecule has 1 heterocycles. The standard InChI is InChI=1S/C20H20F2N2O4/c21-20(22)8-6-18(7-9-20)11-19(12-18,17(26)27)23-16(25)14-3-1-13(2-4-14)15-5-10-28-24-15/h1-5,10H,6-9,11-12H2,(H,23,25)(H,26,27). The zero-order valence-corrected chi connectivity index (χ0v) is 15.1. The maximum atomic E-state index is 13.4. The Morgan fingerprint density at radius 1 is 1.04 bits per heavy atom. The highest BCUT2D eigenvalue weighted by Gasteiger charge is 2.61. The Bertz CT molecular complexity index is 875. The van der Waals surface area contributed by atoms with Crippen molar-refractivity contribution >= 4 is 11.9 Å². The van der Waals surface area contributed by atoms with E-state index in [9.17, 15) is 23.5 Å². The molecule has 2 aliphatic carbocycles. The smallest absolute Gasteiger partial charge is 0.329 e. The molecular formula is C20H20F2N2O4. The molecule has 0 atom stereocenters. The number of carbonyl (C=O) groups is 2. The number of aromatic nitrogens is 1. The van der Waals surface area contributed by atoms with Gasteiger partial charge in [-0.15, -0.1) is 0 Å². The van der Waals surface area contributed by atoms with E-state index in [-0.39, 0.29) is 38.5 Å². The van der Waals surface area contributed by atoms with Crippen LogP contribution in [0.2, 0.25) is 0 Å². The molecule has 1 spiro atoms. The number of nitrogens with one attached hydrogen (secondary N) is 1. The second kappa shape index (κ2) is 6.39. The normalized spacial score (nSPS) is 21.6. The summed E-state index contributed by atoms with van der Waals surface area (Å²) in [7, 11) is 0. The van der Waals surface area contributed by atoms with Crippen LogP contribution in [0, 0.1) is 5.41 Å². The van der Waals surface area contributed by atoms with E-state index >= 15 is 0 Å². The van der Waals surface area contributed by atoms with Crippen molar-refractivity contribution in [2.75, 3.05) is 0 Å². The summed E-state index contributed by atoms with van der Waals surface area (Å²) < 4.78 is 31.6. The third-order valence-corrected chi connectivity index (χ3v) is 6.04. The molecule has 0 aliphatic heterocycles. The quantitative estimate of drug-likeness (QED) is 0.826. The first-order chi connectivity index (χ1) is 13.2. The Labute approximate surface area is 159 Å². The zero-order valence-electron chi connectivity index (χ0n) is 15.1. The predicted molar refractivity (Wildman–Crippen MR) is 94.9 cm³/mol. The van der Waals surface area contributed by atoms with Crippen LogP contribution in [0.4, 0.5) is 8.78 Å². The molecule has 1 aromatic carbocycles. The highest BCUT2D eigenvalue weighted by atomic mass is 19.3. The van der Waals surface area contributed by atoms with Gasteiger partial charge in [0, 0.05) is 30.0 Å². The summed E-state index contributed by atoms with van der Waals surface area (Å²) in [6.45, 7) is 0. The van der Waals surface area contributed by atoms with Crippen molar-refractivity contribution in [1.29, 1.82) is 0 Å². The molecule has 1 amide bonds. The first-order valence-corrected chi connectivity index (χ1v) is 9.17. The maximum Gasteiger partial charge on any atom is 0.329 e.